The maximum atomic E-state index is 5.39. The van der Waals surface area contributed by atoms with Gasteiger partial charge in [0.2, 0.25) is 0 Å². The van der Waals surface area contributed by atoms with Crippen LogP contribution in [0.15, 0.2) is 47.5 Å². The molecule has 0 atom stereocenters. The first-order chi connectivity index (χ1) is 14.2. The number of hydrogen-bond donors (Lipinski definition) is 1. The molecule has 2 aromatic carbocycles. The topological polar surface area (TPSA) is 58.6 Å². The highest BCUT2D eigenvalue weighted by Crippen LogP contribution is 2.27. The zero-order chi connectivity index (χ0) is 20.6. The molecule has 1 aliphatic heterocycles. The van der Waals surface area contributed by atoms with Crippen molar-refractivity contribution >= 4 is 35.6 Å². The van der Waals surface area contributed by atoms with Gasteiger partial charge in [0.1, 0.15) is 5.75 Å². The minimum Gasteiger partial charge on any atom is -0.497 e. The molecule has 0 bridgehead atoms. The van der Waals surface area contributed by atoms with Gasteiger partial charge in [-0.1, -0.05) is 6.07 Å². The Morgan fingerprint density at radius 3 is 2.13 bits per heavy atom. The van der Waals surface area contributed by atoms with Gasteiger partial charge in [-0.05, 0) is 42.0 Å². The second-order valence-corrected chi connectivity index (χ2v) is 6.76. The van der Waals surface area contributed by atoms with E-state index in [1.54, 1.807) is 21.3 Å². The lowest BCUT2D eigenvalue weighted by molar-refractivity contribution is 0.354. The molecule has 1 fully saturated rings. The number of benzene rings is 2. The van der Waals surface area contributed by atoms with Gasteiger partial charge in [0, 0.05) is 45.5 Å². The lowest BCUT2D eigenvalue weighted by Gasteiger charge is -2.37. The standard InChI is InChI=1S/C22H30N4O3.HI/c1-23-22(24-16-17-5-10-20(28-3)21(15-17)29-4)26-13-11-25(12-14-26)18-6-8-19(27-2)9-7-18;/h5-10,15H,11-14,16H2,1-4H3,(H,23,24);1H. The Bertz CT molecular complexity index is 822. The van der Waals surface area contributed by atoms with Crippen LogP contribution in [-0.4, -0.2) is 65.4 Å². The quantitative estimate of drug-likeness (QED) is 0.355. The summed E-state index contributed by atoms with van der Waals surface area (Å²) in [4.78, 5) is 9.14. The largest absolute Gasteiger partial charge is 0.497 e. The molecule has 0 radical (unpaired) electrons. The third-order valence-corrected chi connectivity index (χ3v) is 5.13. The zero-order valence-electron chi connectivity index (χ0n) is 18.1. The molecule has 0 spiro atoms. The lowest BCUT2D eigenvalue weighted by Crippen LogP contribution is -2.52. The van der Waals surface area contributed by atoms with Gasteiger partial charge in [-0.15, -0.1) is 24.0 Å². The van der Waals surface area contributed by atoms with Crippen LogP contribution in [0.1, 0.15) is 5.56 Å². The van der Waals surface area contributed by atoms with E-state index in [0.29, 0.717) is 6.54 Å². The number of nitrogens with one attached hydrogen (secondary N) is 1. The summed E-state index contributed by atoms with van der Waals surface area (Å²) >= 11 is 0. The van der Waals surface area contributed by atoms with E-state index in [-0.39, 0.29) is 24.0 Å². The Morgan fingerprint density at radius 2 is 1.57 bits per heavy atom. The van der Waals surface area contributed by atoms with Crippen molar-refractivity contribution in [3.05, 3.63) is 48.0 Å². The van der Waals surface area contributed by atoms with Crippen molar-refractivity contribution in [2.75, 3.05) is 59.5 Å². The van der Waals surface area contributed by atoms with Crippen molar-refractivity contribution < 1.29 is 14.2 Å². The molecule has 8 heteroatoms. The normalized spacial score (nSPS) is 14.1. The number of nitrogens with zero attached hydrogens (tertiary/aromatic N) is 3. The van der Waals surface area contributed by atoms with E-state index in [9.17, 15) is 0 Å². The fraction of sp³-hybridized carbons (Fsp3) is 0.409. The summed E-state index contributed by atoms with van der Waals surface area (Å²) in [7, 11) is 6.81. The van der Waals surface area contributed by atoms with Gasteiger partial charge >= 0.3 is 0 Å². The third kappa shape index (κ3) is 5.84. The highest BCUT2D eigenvalue weighted by Gasteiger charge is 2.20. The Kier molecular flexibility index (Phi) is 9.35. The van der Waals surface area contributed by atoms with E-state index < -0.39 is 0 Å². The number of anilines is 1. The molecule has 1 N–H and O–H groups in total. The predicted molar refractivity (Wildman–Crippen MR) is 132 cm³/mol. The minimum absolute atomic E-state index is 0. The maximum Gasteiger partial charge on any atom is 0.194 e. The first kappa shape index (κ1) is 23.9. The molecule has 0 saturated carbocycles. The molecule has 1 saturated heterocycles. The van der Waals surface area contributed by atoms with Crippen LogP contribution in [0.3, 0.4) is 0 Å². The summed E-state index contributed by atoms with van der Waals surface area (Å²) in [6, 6.07) is 14.2. The summed E-state index contributed by atoms with van der Waals surface area (Å²) in [6.07, 6.45) is 0. The van der Waals surface area contributed by atoms with E-state index >= 15 is 0 Å². The van der Waals surface area contributed by atoms with Crippen LogP contribution in [0.4, 0.5) is 5.69 Å². The smallest absolute Gasteiger partial charge is 0.194 e. The summed E-state index contributed by atoms with van der Waals surface area (Å²) in [5, 5.41) is 3.46. The van der Waals surface area contributed by atoms with Crippen molar-refractivity contribution in [1.82, 2.24) is 10.2 Å². The molecule has 0 unspecified atom stereocenters. The predicted octanol–water partition coefficient (Wildman–Crippen LogP) is 3.23. The van der Waals surface area contributed by atoms with Gasteiger partial charge in [0.25, 0.3) is 0 Å². The van der Waals surface area contributed by atoms with Gasteiger partial charge in [-0.3, -0.25) is 4.99 Å². The number of ether oxygens (including phenoxy) is 3. The average molecular weight is 526 g/mol. The van der Waals surface area contributed by atoms with E-state index in [1.807, 2.05) is 37.4 Å². The first-order valence-electron chi connectivity index (χ1n) is 9.74. The maximum absolute atomic E-state index is 5.39. The molecule has 0 amide bonds. The monoisotopic (exact) mass is 526 g/mol. The van der Waals surface area contributed by atoms with E-state index in [2.05, 4.69) is 32.2 Å². The molecule has 7 nitrogen and oxygen atoms in total. The molecule has 164 valence electrons. The van der Waals surface area contributed by atoms with Gasteiger partial charge in [-0.2, -0.15) is 0 Å². The Labute approximate surface area is 196 Å². The van der Waals surface area contributed by atoms with Gasteiger partial charge in [0.15, 0.2) is 17.5 Å². The second-order valence-electron chi connectivity index (χ2n) is 6.76. The fourth-order valence-corrected chi connectivity index (χ4v) is 3.47. The minimum atomic E-state index is 0. The van der Waals surface area contributed by atoms with E-state index in [1.165, 1.54) is 5.69 Å². The number of methoxy groups -OCH3 is 3. The Morgan fingerprint density at radius 1 is 0.900 bits per heavy atom. The molecular weight excluding hydrogens is 495 g/mol. The number of aliphatic imine (C=N–C) groups is 1. The summed E-state index contributed by atoms with van der Waals surface area (Å²) < 4.78 is 15.9. The molecule has 30 heavy (non-hydrogen) atoms. The third-order valence-electron chi connectivity index (χ3n) is 5.13. The first-order valence-corrected chi connectivity index (χ1v) is 9.74. The van der Waals surface area contributed by atoms with Crippen molar-refractivity contribution in [3.8, 4) is 17.2 Å². The van der Waals surface area contributed by atoms with E-state index in [0.717, 1.165) is 55.0 Å². The van der Waals surface area contributed by atoms with Crippen LogP contribution in [0.2, 0.25) is 0 Å². The highest BCUT2D eigenvalue weighted by atomic mass is 127. The SMILES string of the molecule is CN=C(NCc1ccc(OC)c(OC)c1)N1CCN(c2ccc(OC)cc2)CC1.I. The molecule has 2 aromatic rings. The Hall–Kier alpha value is -2.36. The van der Waals surface area contributed by atoms with Crippen molar-refractivity contribution in [2.24, 2.45) is 4.99 Å². The second kappa shape index (κ2) is 11.7. The number of halogens is 1. The van der Waals surface area contributed by atoms with Crippen molar-refractivity contribution in [3.63, 3.8) is 0 Å². The molecule has 1 aliphatic rings. The fourth-order valence-electron chi connectivity index (χ4n) is 3.47. The van der Waals surface area contributed by atoms with Crippen LogP contribution in [-0.2, 0) is 6.54 Å². The Balaban J connectivity index is 0.00000320. The van der Waals surface area contributed by atoms with Crippen LogP contribution < -0.4 is 24.4 Å². The van der Waals surface area contributed by atoms with Crippen LogP contribution in [0.5, 0.6) is 17.2 Å². The number of rotatable bonds is 6. The molecule has 1 heterocycles. The molecular formula is C22H31IN4O3. The van der Waals surface area contributed by atoms with E-state index in [4.69, 9.17) is 14.2 Å². The van der Waals surface area contributed by atoms with Gasteiger partial charge in [-0.25, -0.2) is 0 Å². The number of hydrogen-bond acceptors (Lipinski definition) is 5. The lowest BCUT2D eigenvalue weighted by atomic mass is 10.2. The summed E-state index contributed by atoms with van der Waals surface area (Å²) in [5.41, 5.74) is 2.33. The molecule has 0 aromatic heterocycles. The molecule has 3 rings (SSSR count). The number of piperazine rings is 1. The average Bonchev–Trinajstić information content (AvgIpc) is 2.79. The molecule has 0 aliphatic carbocycles. The van der Waals surface area contributed by atoms with Crippen molar-refractivity contribution in [2.45, 2.75) is 6.54 Å². The zero-order valence-corrected chi connectivity index (χ0v) is 20.4. The van der Waals surface area contributed by atoms with Gasteiger partial charge in [0.05, 0.1) is 21.3 Å². The summed E-state index contributed by atoms with van der Waals surface area (Å²) in [6.45, 7) is 4.40. The highest BCUT2D eigenvalue weighted by molar-refractivity contribution is 14.0. The summed E-state index contributed by atoms with van der Waals surface area (Å²) in [5.74, 6) is 3.26. The van der Waals surface area contributed by atoms with Gasteiger partial charge < -0.3 is 29.3 Å². The van der Waals surface area contributed by atoms with Crippen LogP contribution in [0.25, 0.3) is 0 Å². The van der Waals surface area contributed by atoms with Crippen LogP contribution in [0, 0.1) is 0 Å². The number of guanidine groups is 1. The van der Waals surface area contributed by atoms with Crippen molar-refractivity contribution in [1.29, 1.82) is 0 Å². The van der Waals surface area contributed by atoms with Crippen LogP contribution >= 0.6 is 24.0 Å².